The van der Waals surface area contributed by atoms with Gasteiger partial charge in [0.1, 0.15) is 5.69 Å². The standard InChI is InChI=1S/C14H16N4O2/c1-8-4-5-9(2)10(6-8)14(20)17-11-7-16-18(3)12(11)13(15)19/h4-7H,1-3H3,(H2,15,19)(H,17,20). The van der Waals surface area contributed by atoms with Crippen LogP contribution in [0.5, 0.6) is 0 Å². The molecule has 1 heterocycles. The van der Waals surface area contributed by atoms with E-state index < -0.39 is 5.91 Å². The number of nitrogens with zero attached hydrogens (tertiary/aromatic N) is 2. The van der Waals surface area contributed by atoms with Gasteiger partial charge in [-0.3, -0.25) is 14.3 Å². The molecule has 104 valence electrons. The first-order chi connectivity index (χ1) is 9.40. The van der Waals surface area contributed by atoms with E-state index in [-0.39, 0.29) is 11.6 Å². The van der Waals surface area contributed by atoms with Gasteiger partial charge < -0.3 is 11.1 Å². The number of nitrogens with one attached hydrogen (secondary N) is 1. The first-order valence-electron chi connectivity index (χ1n) is 6.10. The molecule has 0 radical (unpaired) electrons. The van der Waals surface area contributed by atoms with Gasteiger partial charge in [-0.1, -0.05) is 17.7 Å². The molecule has 0 bridgehead atoms. The largest absolute Gasteiger partial charge is 0.364 e. The number of hydrogen-bond donors (Lipinski definition) is 2. The molecule has 2 rings (SSSR count). The molecule has 0 spiro atoms. The SMILES string of the molecule is Cc1ccc(C)c(C(=O)Nc2cnn(C)c2C(N)=O)c1. The van der Waals surface area contributed by atoms with Crippen LogP contribution >= 0.6 is 0 Å². The molecular weight excluding hydrogens is 256 g/mol. The third-order valence-corrected chi connectivity index (χ3v) is 3.06. The van der Waals surface area contributed by atoms with Crippen LogP contribution in [-0.4, -0.2) is 21.6 Å². The van der Waals surface area contributed by atoms with Gasteiger partial charge >= 0.3 is 0 Å². The molecule has 6 heteroatoms. The van der Waals surface area contributed by atoms with E-state index in [4.69, 9.17) is 5.73 Å². The van der Waals surface area contributed by atoms with Gasteiger partial charge in [-0.05, 0) is 25.5 Å². The van der Waals surface area contributed by atoms with E-state index >= 15 is 0 Å². The quantitative estimate of drug-likeness (QED) is 0.884. The van der Waals surface area contributed by atoms with Gasteiger partial charge in [-0.25, -0.2) is 0 Å². The maximum atomic E-state index is 12.3. The zero-order chi connectivity index (χ0) is 14.9. The van der Waals surface area contributed by atoms with E-state index in [1.54, 1.807) is 13.1 Å². The number of nitrogens with two attached hydrogens (primary N) is 1. The maximum Gasteiger partial charge on any atom is 0.269 e. The summed E-state index contributed by atoms with van der Waals surface area (Å²) in [6.07, 6.45) is 1.41. The van der Waals surface area contributed by atoms with Crippen molar-refractivity contribution in [3.05, 3.63) is 46.8 Å². The number of amides is 2. The Hall–Kier alpha value is -2.63. The predicted molar refractivity (Wildman–Crippen MR) is 75.6 cm³/mol. The summed E-state index contributed by atoms with van der Waals surface area (Å²) in [6.45, 7) is 3.77. The number of aryl methyl sites for hydroxylation is 3. The second-order valence-corrected chi connectivity index (χ2v) is 4.67. The van der Waals surface area contributed by atoms with E-state index in [0.717, 1.165) is 11.1 Å². The van der Waals surface area contributed by atoms with Gasteiger partial charge in [0.2, 0.25) is 0 Å². The van der Waals surface area contributed by atoms with E-state index in [1.807, 2.05) is 26.0 Å². The Morgan fingerprint density at radius 2 is 2.00 bits per heavy atom. The third-order valence-electron chi connectivity index (χ3n) is 3.06. The summed E-state index contributed by atoms with van der Waals surface area (Å²) < 4.78 is 1.33. The minimum atomic E-state index is -0.638. The van der Waals surface area contributed by atoms with E-state index in [2.05, 4.69) is 10.4 Å². The summed E-state index contributed by atoms with van der Waals surface area (Å²) in [5, 5.41) is 6.60. The lowest BCUT2D eigenvalue weighted by Crippen LogP contribution is -2.20. The first kappa shape index (κ1) is 13.8. The third kappa shape index (κ3) is 2.54. The zero-order valence-electron chi connectivity index (χ0n) is 11.6. The molecule has 2 aromatic rings. The van der Waals surface area contributed by atoms with Crippen LogP contribution in [0, 0.1) is 13.8 Å². The van der Waals surface area contributed by atoms with Crippen LogP contribution in [0.1, 0.15) is 32.0 Å². The molecule has 1 aromatic carbocycles. The monoisotopic (exact) mass is 272 g/mol. The second-order valence-electron chi connectivity index (χ2n) is 4.67. The van der Waals surface area contributed by atoms with Gasteiger partial charge in [-0.2, -0.15) is 5.10 Å². The van der Waals surface area contributed by atoms with Crippen molar-refractivity contribution < 1.29 is 9.59 Å². The minimum Gasteiger partial charge on any atom is -0.364 e. The highest BCUT2D eigenvalue weighted by molar-refractivity contribution is 6.08. The molecule has 20 heavy (non-hydrogen) atoms. The number of anilines is 1. The number of benzene rings is 1. The smallest absolute Gasteiger partial charge is 0.269 e. The first-order valence-corrected chi connectivity index (χ1v) is 6.10. The van der Waals surface area contributed by atoms with Gasteiger partial charge in [0.15, 0.2) is 0 Å². The normalized spacial score (nSPS) is 10.3. The van der Waals surface area contributed by atoms with Crippen molar-refractivity contribution in [1.29, 1.82) is 0 Å². The van der Waals surface area contributed by atoms with Crippen molar-refractivity contribution >= 4 is 17.5 Å². The van der Waals surface area contributed by atoms with Crippen molar-refractivity contribution in [2.24, 2.45) is 12.8 Å². The van der Waals surface area contributed by atoms with Gasteiger partial charge in [-0.15, -0.1) is 0 Å². The molecule has 2 amide bonds. The summed E-state index contributed by atoms with van der Waals surface area (Å²) in [5.74, 6) is -0.928. The fraction of sp³-hybridized carbons (Fsp3) is 0.214. The Kier molecular flexibility index (Phi) is 3.56. The molecular formula is C14H16N4O2. The van der Waals surface area contributed by atoms with Crippen LogP contribution in [0.2, 0.25) is 0 Å². The Morgan fingerprint density at radius 3 is 2.65 bits per heavy atom. The highest BCUT2D eigenvalue weighted by atomic mass is 16.2. The number of primary amides is 1. The minimum absolute atomic E-state index is 0.170. The van der Waals surface area contributed by atoms with Crippen molar-refractivity contribution in [3.8, 4) is 0 Å². The number of carbonyl (C=O) groups excluding carboxylic acids is 2. The Labute approximate surface area is 116 Å². The zero-order valence-corrected chi connectivity index (χ0v) is 11.6. The average Bonchev–Trinajstić information content (AvgIpc) is 2.73. The molecule has 0 saturated carbocycles. The number of carbonyl (C=O) groups is 2. The molecule has 0 aliphatic carbocycles. The van der Waals surface area contributed by atoms with E-state index in [1.165, 1.54) is 10.9 Å². The maximum absolute atomic E-state index is 12.3. The summed E-state index contributed by atoms with van der Waals surface area (Å²) >= 11 is 0. The van der Waals surface area contributed by atoms with Crippen LogP contribution in [0.4, 0.5) is 5.69 Å². The number of hydrogen-bond acceptors (Lipinski definition) is 3. The van der Waals surface area contributed by atoms with Gasteiger partial charge in [0.05, 0.1) is 11.9 Å². The van der Waals surface area contributed by atoms with Crippen molar-refractivity contribution in [2.45, 2.75) is 13.8 Å². The predicted octanol–water partition coefficient (Wildman–Crippen LogP) is 1.39. The highest BCUT2D eigenvalue weighted by Gasteiger charge is 2.17. The number of aromatic nitrogens is 2. The average molecular weight is 272 g/mol. The molecule has 6 nitrogen and oxygen atoms in total. The lowest BCUT2D eigenvalue weighted by Gasteiger charge is -2.08. The summed E-state index contributed by atoms with van der Waals surface area (Å²) in [7, 11) is 1.59. The molecule has 0 fully saturated rings. The Morgan fingerprint density at radius 1 is 1.30 bits per heavy atom. The fourth-order valence-corrected chi connectivity index (χ4v) is 1.99. The van der Waals surface area contributed by atoms with Gasteiger partial charge in [0.25, 0.3) is 11.8 Å². The van der Waals surface area contributed by atoms with Crippen LogP contribution < -0.4 is 11.1 Å². The van der Waals surface area contributed by atoms with Crippen molar-refractivity contribution in [2.75, 3.05) is 5.32 Å². The van der Waals surface area contributed by atoms with Gasteiger partial charge in [0, 0.05) is 12.6 Å². The van der Waals surface area contributed by atoms with Crippen LogP contribution in [-0.2, 0) is 7.05 Å². The summed E-state index contributed by atoms with van der Waals surface area (Å²) in [5.41, 5.74) is 8.16. The summed E-state index contributed by atoms with van der Waals surface area (Å²) in [4.78, 5) is 23.6. The summed E-state index contributed by atoms with van der Waals surface area (Å²) in [6, 6.07) is 5.61. The van der Waals surface area contributed by atoms with Crippen LogP contribution in [0.25, 0.3) is 0 Å². The van der Waals surface area contributed by atoms with E-state index in [0.29, 0.717) is 11.3 Å². The molecule has 0 aliphatic heterocycles. The number of rotatable bonds is 3. The molecule has 1 aromatic heterocycles. The highest BCUT2D eigenvalue weighted by Crippen LogP contribution is 2.17. The Bertz CT molecular complexity index is 688. The molecule has 0 aliphatic rings. The molecule has 3 N–H and O–H groups in total. The van der Waals surface area contributed by atoms with Crippen molar-refractivity contribution in [3.63, 3.8) is 0 Å². The lowest BCUT2D eigenvalue weighted by molar-refractivity contribution is 0.0992. The second kappa shape index (κ2) is 5.16. The lowest BCUT2D eigenvalue weighted by atomic mass is 10.1. The Balaban J connectivity index is 2.33. The molecule has 0 saturated heterocycles. The van der Waals surface area contributed by atoms with Crippen LogP contribution in [0.15, 0.2) is 24.4 Å². The van der Waals surface area contributed by atoms with Crippen LogP contribution in [0.3, 0.4) is 0 Å². The van der Waals surface area contributed by atoms with Crippen molar-refractivity contribution in [1.82, 2.24) is 9.78 Å². The fourth-order valence-electron chi connectivity index (χ4n) is 1.99. The topological polar surface area (TPSA) is 90.0 Å². The molecule has 0 atom stereocenters. The van der Waals surface area contributed by atoms with E-state index in [9.17, 15) is 9.59 Å². The molecule has 0 unspecified atom stereocenters.